The number of likely N-dealkylation sites (tertiary alicyclic amines) is 1. The molecule has 0 aliphatic carbocycles. The van der Waals surface area contributed by atoms with E-state index in [1.807, 2.05) is 25.1 Å². The Morgan fingerprint density at radius 3 is 2.41 bits per heavy atom. The minimum atomic E-state index is -0.842. The fourth-order valence-electron chi connectivity index (χ4n) is 3.12. The van der Waals surface area contributed by atoms with Crippen LogP contribution < -0.4 is 11.1 Å². The van der Waals surface area contributed by atoms with Crippen molar-refractivity contribution in [2.75, 3.05) is 13.1 Å². The van der Waals surface area contributed by atoms with E-state index in [1.54, 1.807) is 6.92 Å². The van der Waals surface area contributed by atoms with E-state index < -0.39 is 18.1 Å². The highest BCUT2D eigenvalue weighted by atomic mass is 16.5. The van der Waals surface area contributed by atoms with E-state index in [-0.39, 0.29) is 17.9 Å². The molecule has 1 aliphatic rings. The van der Waals surface area contributed by atoms with E-state index in [0.29, 0.717) is 25.9 Å². The number of urea groups is 1. The number of aryl methyl sites for hydroxylation is 1. The monoisotopic (exact) mass is 375 g/mol. The number of benzene rings is 1. The van der Waals surface area contributed by atoms with Crippen LogP contribution in [-0.4, -0.2) is 48.0 Å². The smallest absolute Gasteiger partial charge is 0.314 e. The maximum absolute atomic E-state index is 12.3. The van der Waals surface area contributed by atoms with Gasteiger partial charge in [-0.15, -0.1) is 0 Å². The van der Waals surface area contributed by atoms with Crippen molar-refractivity contribution in [1.29, 1.82) is 0 Å². The predicted octanol–water partition coefficient (Wildman–Crippen LogP) is 1.85. The van der Waals surface area contributed by atoms with Crippen molar-refractivity contribution in [1.82, 2.24) is 10.2 Å². The van der Waals surface area contributed by atoms with Crippen molar-refractivity contribution in [2.45, 2.75) is 51.7 Å². The Balaban J connectivity index is 1.71. The average Bonchev–Trinajstić information content (AvgIpc) is 2.67. The van der Waals surface area contributed by atoms with Crippen LogP contribution in [0.2, 0.25) is 0 Å². The Hall–Kier alpha value is -2.57. The van der Waals surface area contributed by atoms with Crippen molar-refractivity contribution in [3.63, 3.8) is 0 Å². The van der Waals surface area contributed by atoms with Gasteiger partial charge in [0.25, 0.3) is 5.91 Å². The zero-order valence-electron chi connectivity index (χ0n) is 16.0. The Bertz CT molecular complexity index is 642. The summed E-state index contributed by atoms with van der Waals surface area (Å²) in [5.41, 5.74) is 6.46. The van der Waals surface area contributed by atoms with E-state index in [4.69, 9.17) is 10.5 Å². The van der Waals surface area contributed by atoms with Gasteiger partial charge in [-0.2, -0.15) is 0 Å². The largest absolute Gasteiger partial charge is 0.452 e. The highest BCUT2D eigenvalue weighted by molar-refractivity contribution is 5.84. The van der Waals surface area contributed by atoms with Gasteiger partial charge < -0.3 is 20.7 Å². The van der Waals surface area contributed by atoms with Crippen LogP contribution in [0.3, 0.4) is 0 Å². The minimum Gasteiger partial charge on any atom is -0.452 e. The van der Waals surface area contributed by atoms with Gasteiger partial charge in [-0.1, -0.05) is 30.3 Å². The minimum absolute atomic E-state index is 0.0161. The topological polar surface area (TPSA) is 102 Å². The van der Waals surface area contributed by atoms with Gasteiger partial charge in [0.2, 0.25) is 0 Å². The van der Waals surface area contributed by atoms with Crippen LogP contribution in [0.25, 0.3) is 0 Å². The summed E-state index contributed by atoms with van der Waals surface area (Å²) >= 11 is 0. The molecule has 0 spiro atoms. The molecule has 3 amide bonds. The molecule has 1 heterocycles. The molecular formula is C20H29N3O4. The lowest BCUT2D eigenvalue weighted by molar-refractivity contribution is -0.160. The van der Waals surface area contributed by atoms with Gasteiger partial charge in [0.1, 0.15) is 0 Å². The molecule has 1 saturated heterocycles. The highest BCUT2D eigenvalue weighted by Gasteiger charge is 2.30. The fourth-order valence-corrected chi connectivity index (χ4v) is 3.12. The summed E-state index contributed by atoms with van der Waals surface area (Å²) in [5, 5.41) is 2.89. The molecule has 0 unspecified atom stereocenters. The van der Waals surface area contributed by atoms with Crippen LogP contribution in [0.5, 0.6) is 0 Å². The van der Waals surface area contributed by atoms with E-state index in [1.165, 1.54) is 10.5 Å². The first kappa shape index (κ1) is 20.7. The number of carbonyl (C=O) groups excluding carboxylic acids is 3. The van der Waals surface area contributed by atoms with Gasteiger partial charge in [0, 0.05) is 19.1 Å². The van der Waals surface area contributed by atoms with Gasteiger partial charge in [-0.05, 0) is 45.1 Å². The van der Waals surface area contributed by atoms with Crippen LogP contribution in [0.1, 0.15) is 38.7 Å². The quantitative estimate of drug-likeness (QED) is 0.710. The van der Waals surface area contributed by atoms with Crippen molar-refractivity contribution < 1.29 is 19.1 Å². The highest BCUT2D eigenvalue weighted by Crippen LogP contribution is 2.19. The molecule has 1 aliphatic heterocycles. The number of piperidine rings is 1. The number of hydrogen-bond acceptors (Lipinski definition) is 4. The molecule has 0 bridgehead atoms. The summed E-state index contributed by atoms with van der Waals surface area (Å²) in [6.45, 7) is 4.39. The lowest BCUT2D eigenvalue weighted by Crippen LogP contribution is -2.45. The van der Waals surface area contributed by atoms with Crippen LogP contribution >= 0.6 is 0 Å². The van der Waals surface area contributed by atoms with Gasteiger partial charge >= 0.3 is 12.0 Å². The molecule has 0 radical (unpaired) electrons. The number of hydrogen-bond donors (Lipinski definition) is 2. The van der Waals surface area contributed by atoms with Crippen LogP contribution in [0.4, 0.5) is 4.79 Å². The number of nitrogens with two attached hydrogens (primary N) is 1. The summed E-state index contributed by atoms with van der Waals surface area (Å²) in [6, 6.07) is 9.59. The van der Waals surface area contributed by atoms with Gasteiger partial charge in [0.15, 0.2) is 6.10 Å². The Kier molecular flexibility index (Phi) is 7.64. The lowest BCUT2D eigenvalue weighted by Gasteiger charge is -2.30. The third-order valence-electron chi connectivity index (χ3n) is 4.90. The zero-order chi connectivity index (χ0) is 19.8. The molecule has 2 rings (SSSR count). The molecule has 7 nitrogen and oxygen atoms in total. The Morgan fingerprint density at radius 2 is 1.81 bits per heavy atom. The van der Waals surface area contributed by atoms with E-state index >= 15 is 0 Å². The molecule has 2 atom stereocenters. The summed E-state index contributed by atoms with van der Waals surface area (Å²) in [7, 11) is 0. The molecule has 0 aromatic heterocycles. The third kappa shape index (κ3) is 6.58. The van der Waals surface area contributed by atoms with E-state index in [2.05, 4.69) is 17.4 Å². The fraction of sp³-hybridized carbons (Fsp3) is 0.550. The molecule has 1 aromatic carbocycles. The zero-order valence-corrected chi connectivity index (χ0v) is 16.0. The van der Waals surface area contributed by atoms with Crippen molar-refractivity contribution in [3.8, 4) is 0 Å². The van der Waals surface area contributed by atoms with Crippen molar-refractivity contribution >= 4 is 17.9 Å². The maximum Gasteiger partial charge on any atom is 0.314 e. The third-order valence-corrected chi connectivity index (χ3v) is 4.90. The molecule has 27 heavy (non-hydrogen) atoms. The van der Waals surface area contributed by atoms with Crippen LogP contribution in [0.15, 0.2) is 30.3 Å². The van der Waals surface area contributed by atoms with Crippen LogP contribution in [0, 0.1) is 5.92 Å². The molecule has 3 N–H and O–H groups in total. The molecule has 1 aromatic rings. The van der Waals surface area contributed by atoms with Crippen LogP contribution in [-0.2, 0) is 20.7 Å². The standard InChI is InChI=1S/C20H29N3O4/c1-14(8-9-16-6-4-3-5-7-16)22-18(24)15(2)27-19(25)17-10-12-23(13-11-17)20(21)26/h3-7,14-15,17H,8-13H2,1-2H3,(H2,21,26)(H,22,24)/t14-,15+/m0/s1. The number of ether oxygens (including phenoxy) is 1. The second-order valence-electron chi connectivity index (χ2n) is 7.11. The van der Waals surface area contributed by atoms with Gasteiger partial charge in [0.05, 0.1) is 5.92 Å². The second kappa shape index (κ2) is 9.94. The normalized spacial score (nSPS) is 17.0. The molecule has 148 valence electrons. The second-order valence-corrected chi connectivity index (χ2v) is 7.11. The first-order valence-electron chi connectivity index (χ1n) is 9.46. The van der Waals surface area contributed by atoms with Gasteiger partial charge in [-0.25, -0.2) is 4.79 Å². The lowest BCUT2D eigenvalue weighted by atomic mass is 9.97. The van der Waals surface area contributed by atoms with E-state index in [0.717, 1.165) is 12.8 Å². The molecular weight excluding hydrogens is 346 g/mol. The number of carbonyl (C=O) groups is 3. The van der Waals surface area contributed by atoms with Crippen molar-refractivity contribution in [2.24, 2.45) is 11.7 Å². The number of nitrogens with zero attached hydrogens (tertiary/aromatic N) is 1. The van der Waals surface area contributed by atoms with Crippen molar-refractivity contribution in [3.05, 3.63) is 35.9 Å². The Labute approximate surface area is 160 Å². The SMILES string of the molecule is C[C@@H](CCc1ccccc1)NC(=O)[C@@H](C)OC(=O)C1CCN(C(N)=O)CC1. The molecule has 1 fully saturated rings. The number of rotatable bonds is 7. The molecule has 7 heteroatoms. The Morgan fingerprint density at radius 1 is 1.19 bits per heavy atom. The summed E-state index contributed by atoms with van der Waals surface area (Å²) in [6.07, 6.45) is 1.84. The summed E-state index contributed by atoms with van der Waals surface area (Å²) < 4.78 is 5.33. The molecule has 0 saturated carbocycles. The van der Waals surface area contributed by atoms with Gasteiger partial charge in [-0.3, -0.25) is 9.59 Å². The number of amides is 3. The first-order valence-corrected chi connectivity index (χ1v) is 9.46. The average molecular weight is 375 g/mol. The maximum atomic E-state index is 12.3. The summed E-state index contributed by atoms with van der Waals surface area (Å²) in [4.78, 5) is 37.1. The predicted molar refractivity (Wildman–Crippen MR) is 102 cm³/mol. The number of esters is 1. The number of nitrogens with one attached hydrogen (secondary N) is 1. The van der Waals surface area contributed by atoms with E-state index in [9.17, 15) is 14.4 Å². The first-order chi connectivity index (χ1) is 12.9. The summed E-state index contributed by atoms with van der Waals surface area (Å²) in [5.74, 6) is -0.983. The number of primary amides is 1.